The van der Waals surface area contributed by atoms with E-state index in [1.165, 1.54) is 19.1 Å². The summed E-state index contributed by atoms with van der Waals surface area (Å²) < 4.78 is 14.6. The van der Waals surface area contributed by atoms with Crippen LogP contribution in [-0.4, -0.2) is 47.9 Å². The molecular formula is C21H29N5O5S. The molecule has 5 N–H and O–H groups in total. The highest BCUT2D eigenvalue weighted by Crippen LogP contribution is 2.36. The van der Waals surface area contributed by atoms with Gasteiger partial charge in [0.05, 0.1) is 25.6 Å². The summed E-state index contributed by atoms with van der Waals surface area (Å²) in [5.74, 6) is -0.975. The molecule has 0 aliphatic carbocycles. The Labute approximate surface area is 191 Å². The Bertz CT molecular complexity index is 1010. The van der Waals surface area contributed by atoms with Gasteiger partial charge in [-0.1, -0.05) is 6.92 Å². The average molecular weight is 464 g/mol. The van der Waals surface area contributed by atoms with Crippen LogP contribution < -0.4 is 31.2 Å². The Balaban J connectivity index is 2.68. The Kier molecular flexibility index (Phi) is 7.68. The normalized spacial score (nSPS) is 12.1. The van der Waals surface area contributed by atoms with Crippen LogP contribution in [0.25, 0.3) is 0 Å². The van der Waals surface area contributed by atoms with Crippen LogP contribution in [-0.2, 0) is 4.79 Å². The third kappa shape index (κ3) is 5.28. The third-order valence-corrected chi connectivity index (χ3v) is 5.37. The van der Waals surface area contributed by atoms with Crippen LogP contribution in [0.3, 0.4) is 0 Å². The summed E-state index contributed by atoms with van der Waals surface area (Å²) in [6, 6.07) is 3.98. The van der Waals surface area contributed by atoms with Gasteiger partial charge >= 0.3 is 0 Å². The molecular weight excluding hydrogens is 434 g/mol. The van der Waals surface area contributed by atoms with Crippen LogP contribution in [0.2, 0.25) is 0 Å². The topological polar surface area (TPSA) is 150 Å². The summed E-state index contributed by atoms with van der Waals surface area (Å²) in [6.07, 6.45) is 0.296. The molecule has 1 atom stereocenters. The summed E-state index contributed by atoms with van der Waals surface area (Å²) in [5, 5.41) is 2.91. The standard InChI is InChI=1S/C21H29N5O5S/c1-7-12(19(28)24-21(2,3)4)26(13-9-8-11(30-5)10-14(13)31-6)20(29)17-15(22)16(18(23)27)25-32-17/h8-10,12H,7,22H2,1-6H3,(H2,23,27)(H,24,28)/t12-/m1/s1. The maximum absolute atomic E-state index is 13.7. The van der Waals surface area contributed by atoms with Crippen molar-refractivity contribution in [1.29, 1.82) is 0 Å². The van der Waals surface area contributed by atoms with Crippen molar-refractivity contribution in [2.24, 2.45) is 5.73 Å². The zero-order valence-corrected chi connectivity index (χ0v) is 19.8. The second-order valence-corrected chi connectivity index (χ2v) is 8.79. The Morgan fingerprint density at radius 3 is 2.34 bits per heavy atom. The number of nitrogen functional groups attached to an aromatic ring is 1. The molecule has 174 valence electrons. The van der Waals surface area contributed by atoms with Crippen LogP contribution in [0.5, 0.6) is 11.5 Å². The van der Waals surface area contributed by atoms with E-state index in [0.29, 0.717) is 23.6 Å². The molecule has 2 rings (SSSR count). The van der Waals surface area contributed by atoms with Gasteiger partial charge in [-0.2, -0.15) is 4.37 Å². The number of rotatable bonds is 8. The predicted octanol–water partition coefficient (Wildman–Crippen LogP) is 2.18. The molecule has 0 aliphatic rings. The molecule has 0 aliphatic heterocycles. The number of carbonyl (C=O) groups is 3. The summed E-state index contributed by atoms with van der Waals surface area (Å²) in [4.78, 5) is 39.8. The smallest absolute Gasteiger partial charge is 0.272 e. The lowest BCUT2D eigenvalue weighted by Gasteiger charge is -2.33. The Morgan fingerprint density at radius 1 is 1.22 bits per heavy atom. The highest BCUT2D eigenvalue weighted by atomic mass is 32.1. The van der Waals surface area contributed by atoms with E-state index in [0.717, 1.165) is 11.5 Å². The van der Waals surface area contributed by atoms with Crippen LogP contribution in [0.1, 0.15) is 54.3 Å². The van der Waals surface area contributed by atoms with E-state index < -0.39 is 23.4 Å². The van der Waals surface area contributed by atoms with Crippen LogP contribution in [0, 0.1) is 0 Å². The second kappa shape index (κ2) is 9.86. The molecule has 0 unspecified atom stereocenters. The van der Waals surface area contributed by atoms with E-state index in [1.807, 2.05) is 20.8 Å². The number of nitrogens with zero attached hydrogens (tertiary/aromatic N) is 2. The molecule has 11 heteroatoms. The van der Waals surface area contributed by atoms with Gasteiger partial charge in [-0.3, -0.25) is 19.3 Å². The number of carbonyl (C=O) groups excluding carboxylic acids is 3. The van der Waals surface area contributed by atoms with E-state index >= 15 is 0 Å². The van der Waals surface area contributed by atoms with Crippen molar-refractivity contribution in [2.75, 3.05) is 24.9 Å². The first-order valence-corrected chi connectivity index (χ1v) is 10.6. The van der Waals surface area contributed by atoms with Crippen LogP contribution in [0.15, 0.2) is 18.2 Å². The minimum atomic E-state index is -0.900. The van der Waals surface area contributed by atoms with Crippen molar-refractivity contribution < 1.29 is 23.9 Å². The first-order valence-electron chi connectivity index (χ1n) is 9.87. The number of primary amides is 1. The molecule has 0 spiro atoms. The molecule has 0 bridgehead atoms. The monoisotopic (exact) mass is 463 g/mol. The number of hydrogen-bond donors (Lipinski definition) is 3. The number of nitrogens with one attached hydrogen (secondary N) is 1. The molecule has 3 amide bonds. The second-order valence-electron chi connectivity index (χ2n) is 8.01. The number of methoxy groups -OCH3 is 2. The van der Waals surface area contributed by atoms with Crippen LogP contribution in [0.4, 0.5) is 11.4 Å². The van der Waals surface area contributed by atoms with E-state index in [4.69, 9.17) is 20.9 Å². The number of nitrogens with two attached hydrogens (primary N) is 2. The van der Waals surface area contributed by atoms with Gasteiger partial charge in [-0.15, -0.1) is 0 Å². The lowest BCUT2D eigenvalue weighted by Crippen LogP contribution is -2.54. The molecule has 10 nitrogen and oxygen atoms in total. The average Bonchev–Trinajstić information content (AvgIpc) is 3.11. The van der Waals surface area contributed by atoms with Gasteiger partial charge in [0.2, 0.25) is 5.91 Å². The molecule has 0 saturated heterocycles. The molecule has 1 aromatic carbocycles. The fourth-order valence-corrected chi connectivity index (χ4v) is 3.82. The van der Waals surface area contributed by atoms with Gasteiger partial charge in [0.1, 0.15) is 22.4 Å². The highest BCUT2D eigenvalue weighted by molar-refractivity contribution is 7.09. The largest absolute Gasteiger partial charge is 0.497 e. The fraction of sp³-hybridized carbons (Fsp3) is 0.429. The zero-order valence-electron chi connectivity index (χ0n) is 19.0. The molecule has 1 aromatic heterocycles. The SMILES string of the molecule is CC[C@H](C(=O)NC(C)(C)C)N(C(=O)c1snc(C(N)=O)c1N)c1ccc(OC)cc1OC. The molecule has 2 aromatic rings. The van der Waals surface area contributed by atoms with Gasteiger partial charge < -0.3 is 26.3 Å². The van der Waals surface area contributed by atoms with Crippen LogP contribution >= 0.6 is 11.5 Å². The summed E-state index contributed by atoms with van der Waals surface area (Å²) in [7, 11) is 2.95. The van der Waals surface area contributed by atoms with Crippen molar-refractivity contribution in [3.05, 3.63) is 28.8 Å². The zero-order chi connectivity index (χ0) is 24.2. The predicted molar refractivity (Wildman–Crippen MR) is 123 cm³/mol. The van der Waals surface area contributed by atoms with E-state index in [1.54, 1.807) is 25.1 Å². The first kappa shape index (κ1) is 24.9. The van der Waals surface area contributed by atoms with Gasteiger partial charge in [0.25, 0.3) is 11.8 Å². The number of anilines is 2. The quantitative estimate of drug-likeness (QED) is 0.543. The minimum Gasteiger partial charge on any atom is -0.497 e. The maximum Gasteiger partial charge on any atom is 0.272 e. The molecule has 0 saturated carbocycles. The number of benzene rings is 1. The highest BCUT2D eigenvalue weighted by Gasteiger charge is 2.36. The Morgan fingerprint density at radius 2 is 1.88 bits per heavy atom. The van der Waals surface area contributed by atoms with E-state index in [2.05, 4.69) is 9.69 Å². The summed E-state index contributed by atoms with van der Waals surface area (Å²) in [5.41, 5.74) is 10.8. The summed E-state index contributed by atoms with van der Waals surface area (Å²) >= 11 is 0.745. The Hall–Kier alpha value is -3.34. The number of aromatic nitrogens is 1. The minimum absolute atomic E-state index is 0.00122. The summed E-state index contributed by atoms with van der Waals surface area (Å²) in [6.45, 7) is 7.32. The number of hydrogen-bond acceptors (Lipinski definition) is 8. The maximum atomic E-state index is 13.7. The van der Waals surface area contributed by atoms with E-state index in [9.17, 15) is 14.4 Å². The van der Waals surface area contributed by atoms with Crippen molar-refractivity contribution in [3.63, 3.8) is 0 Å². The molecule has 0 radical (unpaired) electrons. The van der Waals surface area contributed by atoms with Gasteiger partial charge in [-0.05, 0) is 50.9 Å². The van der Waals surface area contributed by atoms with E-state index in [-0.39, 0.29) is 22.2 Å². The van der Waals surface area contributed by atoms with Gasteiger partial charge in [0.15, 0.2) is 5.69 Å². The third-order valence-electron chi connectivity index (χ3n) is 4.52. The lowest BCUT2D eigenvalue weighted by atomic mass is 10.0. The fourth-order valence-electron chi connectivity index (χ4n) is 3.08. The number of amides is 3. The number of ether oxygens (including phenoxy) is 2. The molecule has 1 heterocycles. The molecule has 32 heavy (non-hydrogen) atoms. The molecule has 0 fully saturated rings. The van der Waals surface area contributed by atoms with Gasteiger partial charge in [0, 0.05) is 11.6 Å². The van der Waals surface area contributed by atoms with Crippen molar-refractivity contribution in [3.8, 4) is 11.5 Å². The van der Waals surface area contributed by atoms with Crippen molar-refractivity contribution in [1.82, 2.24) is 9.69 Å². The van der Waals surface area contributed by atoms with Crippen molar-refractivity contribution in [2.45, 2.75) is 45.7 Å². The lowest BCUT2D eigenvalue weighted by molar-refractivity contribution is -0.123. The van der Waals surface area contributed by atoms with Crippen molar-refractivity contribution >= 4 is 40.6 Å². The van der Waals surface area contributed by atoms with Gasteiger partial charge in [-0.25, -0.2) is 0 Å². The first-order chi connectivity index (χ1) is 14.9.